The van der Waals surface area contributed by atoms with Gasteiger partial charge in [-0.15, -0.1) is 0 Å². The molecule has 0 spiro atoms. The lowest BCUT2D eigenvalue weighted by Gasteiger charge is -2.21. The second-order valence-electron chi connectivity index (χ2n) is 4.31. The molecule has 3 heteroatoms. The molecule has 0 saturated carbocycles. The third-order valence-electron chi connectivity index (χ3n) is 3.00. The first kappa shape index (κ1) is 12.7. The number of hydrogen-bond donors (Lipinski definition) is 1. The zero-order valence-electron chi connectivity index (χ0n) is 10.1. The quantitative estimate of drug-likeness (QED) is 0.844. The molecule has 1 unspecified atom stereocenters. The average Bonchev–Trinajstić information content (AvgIpc) is 2.35. The molecule has 1 aromatic rings. The van der Waals surface area contributed by atoms with Crippen LogP contribution in [0.1, 0.15) is 24.8 Å². The van der Waals surface area contributed by atoms with Crippen molar-refractivity contribution in [1.29, 1.82) is 0 Å². The van der Waals surface area contributed by atoms with Crippen LogP contribution in [0.25, 0.3) is 0 Å². The van der Waals surface area contributed by atoms with Crippen molar-refractivity contribution in [3.05, 3.63) is 40.4 Å². The van der Waals surface area contributed by atoms with Crippen LogP contribution in [0.5, 0.6) is 0 Å². The number of ether oxygens (including phenoxy) is 1. The van der Waals surface area contributed by atoms with Crippen LogP contribution >= 0.6 is 15.9 Å². The summed E-state index contributed by atoms with van der Waals surface area (Å²) < 4.78 is 6.35. The van der Waals surface area contributed by atoms with Gasteiger partial charge in [0.25, 0.3) is 0 Å². The minimum atomic E-state index is 0.452. The van der Waals surface area contributed by atoms with Gasteiger partial charge in [-0.2, -0.15) is 0 Å². The Kier molecular flexibility index (Phi) is 4.63. The van der Waals surface area contributed by atoms with Gasteiger partial charge >= 0.3 is 0 Å². The molecule has 1 aliphatic rings. The first-order chi connectivity index (χ1) is 8.31. The lowest BCUT2D eigenvalue weighted by atomic mass is 10.0. The molecule has 0 amide bonds. The Labute approximate surface area is 111 Å². The van der Waals surface area contributed by atoms with E-state index in [1.165, 1.54) is 24.8 Å². The van der Waals surface area contributed by atoms with Crippen LogP contribution in [0.15, 0.2) is 34.8 Å². The van der Waals surface area contributed by atoms with Crippen molar-refractivity contribution in [1.82, 2.24) is 0 Å². The van der Waals surface area contributed by atoms with Gasteiger partial charge < -0.3 is 10.1 Å². The standard InChI is InChI=1S/C14H18BrNO/c1-17-10-12-13(15)8-5-9-14(12)16-11-6-3-2-4-7-11/h3,5-6,8-9,11,16H,2,4,7,10H2,1H3. The summed E-state index contributed by atoms with van der Waals surface area (Å²) in [6, 6.07) is 6.67. The van der Waals surface area contributed by atoms with E-state index in [1.54, 1.807) is 7.11 Å². The average molecular weight is 296 g/mol. The van der Waals surface area contributed by atoms with E-state index in [-0.39, 0.29) is 0 Å². The molecule has 0 bridgehead atoms. The maximum absolute atomic E-state index is 5.25. The van der Waals surface area contributed by atoms with Crippen molar-refractivity contribution in [2.75, 3.05) is 12.4 Å². The lowest BCUT2D eigenvalue weighted by Crippen LogP contribution is -2.19. The molecule has 1 N–H and O–H groups in total. The van der Waals surface area contributed by atoms with E-state index in [4.69, 9.17) is 4.74 Å². The lowest BCUT2D eigenvalue weighted by molar-refractivity contribution is 0.185. The predicted octanol–water partition coefficient (Wildman–Crippen LogP) is 4.12. The second kappa shape index (κ2) is 6.22. The number of benzene rings is 1. The van der Waals surface area contributed by atoms with E-state index in [9.17, 15) is 0 Å². The summed E-state index contributed by atoms with van der Waals surface area (Å²) in [6.45, 7) is 0.625. The van der Waals surface area contributed by atoms with Gasteiger partial charge in [0.05, 0.1) is 6.61 Å². The minimum absolute atomic E-state index is 0.452. The van der Waals surface area contributed by atoms with Crippen LogP contribution in [0.4, 0.5) is 5.69 Å². The fourth-order valence-corrected chi connectivity index (χ4v) is 2.60. The van der Waals surface area contributed by atoms with Crippen LogP contribution in [-0.4, -0.2) is 13.2 Å². The summed E-state index contributed by atoms with van der Waals surface area (Å²) >= 11 is 3.57. The molecule has 0 radical (unpaired) electrons. The number of rotatable bonds is 4. The van der Waals surface area contributed by atoms with Gasteiger partial charge in [-0.1, -0.05) is 34.1 Å². The zero-order chi connectivity index (χ0) is 12.1. The summed E-state index contributed by atoms with van der Waals surface area (Å²) in [5, 5.41) is 3.58. The second-order valence-corrected chi connectivity index (χ2v) is 5.16. The minimum Gasteiger partial charge on any atom is -0.380 e. The maximum Gasteiger partial charge on any atom is 0.0744 e. The number of halogens is 1. The molecular weight excluding hydrogens is 278 g/mol. The fourth-order valence-electron chi connectivity index (χ4n) is 2.12. The van der Waals surface area contributed by atoms with Crippen molar-refractivity contribution in [2.45, 2.75) is 31.9 Å². The number of allylic oxidation sites excluding steroid dienone is 1. The van der Waals surface area contributed by atoms with Crippen LogP contribution in [0, 0.1) is 0 Å². The number of anilines is 1. The highest BCUT2D eigenvalue weighted by Crippen LogP contribution is 2.27. The van der Waals surface area contributed by atoms with Gasteiger partial charge in [0, 0.05) is 28.9 Å². The molecule has 2 nitrogen and oxygen atoms in total. The van der Waals surface area contributed by atoms with Crippen molar-refractivity contribution >= 4 is 21.6 Å². The van der Waals surface area contributed by atoms with E-state index in [2.05, 4.69) is 51.6 Å². The Morgan fingerprint density at radius 2 is 2.35 bits per heavy atom. The molecule has 1 atom stereocenters. The Balaban J connectivity index is 2.16. The summed E-state index contributed by atoms with van der Waals surface area (Å²) in [6.07, 6.45) is 8.20. The monoisotopic (exact) mass is 295 g/mol. The van der Waals surface area contributed by atoms with E-state index in [0.29, 0.717) is 12.6 Å². The van der Waals surface area contributed by atoms with E-state index < -0.39 is 0 Å². The Hall–Kier alpha value is -0.800. The molecule has 0 aliphatic heterocycles. The summed E-state index contributed by atoms with van der Waals surface area (Å²) in [4.78, 5) is 0. The van der Waals surface area contributed by atoms with Crippen LogP contribution in [0.3, 0.4) is 0 Å². The molecule has 1 aromatic carbocycles. The molecule has 2 rings (SSSR count). The highest BCUT2D eigenvalue weighted by atomic mass is 79.9. The van der Waals surface area contributed by atoms with Gasteiger partial charge in [0.2, 0.25) is 0 Å². The van der Waals surface area contributed by atoms with Gasteiger partial charge in [0.1, 0.15) is 0 Å². The normalized spacial score (nSPS) is 19.3. The first-order valence-corrected chi connectivity index (χ1v) is 6.80. The number of methoxy groups -OCH3 is 1. The van der Waals surface area contributed by atoms with Gasteiger partial charge in [-0.3, -0.25) is 0 Å². The molecule has 0 saturated heterocycles. The smallest absolute Gasteiger partial charge is 0.0744 e. The van der Waals surface area contributed by atoms with E-state index in [1.807, 2.05) is 0 Å². The molecule has 92 valence electrons. The van der Waals surface area contributed by atoms with Crippen LogP contribution in [0.2, 0.25) is 0 Å². The Bertz CT molecular complexity index is 403. The molecular formula is C14H18BrNO. The number of nitrogens with one attached hydrogen (secondary N) is 1. The summed E-state index contributed by atoms with van der Waals surface area (Å²) in [7, 11) is 1.73. The highest BCUT2D eigenvalue weighted by molar-refractivity contribution is 9.10. The first-order valence-electron chi connectivity index (χ1n) is 6.01. The zero-order valence-corrected chi connectivity index (χ0v) is 11.7. The highest BCUT2D eigenvalue weighted by Gasteiger charge is 2.11. The van der Waals surface area contributed by atoms with Crippen molar-refractivity contribution in [2.24, 2.45) is 0 Å². The molecule has 0 fully saturated rings. The molecule has 1 aliphatic carbocycles. The SMILES string of the molecule is COCc1c(Br)cccc1NC1C=CCCC1. The third-order valence-corrected chi connectivity index (χ3v) is 3.75. The van der Waals surface area contributed by atoms with Crippen molar-refractivity contribution in [3.8, 4) is 0 Å². The van der Waals surface area contributed by atoms with Crippen LogP contribution < -0.4 is 5.32 Å². The van der Waals surface area contributed by atoms with E-state index >= 15 is 0 Å². The maximum atomic E-state index is 5.25. The fraction of sp³-hybridized carbons (Fsp3) is 0.429. The molecule has 0 heterocycles. The largest absolute Gasteiger partial charge is 0.380 e. The summed E-state index contributed by atoms with van der Waals surface area (Å²) in [5.41, 5.74) is 2.35. The Morgan fingerprint density at radius 3 is 3.06 bits per heavy atom. The summed E-state index contributed by atoms with van der Waals surface area (Å²) in [5.74, 6) is 0. The number of hydrogen-bond acceptors (Lipinski definition) is 2. The van der Waals surface area contributed by atoms with Gasteiger partial charge in [-0.05, 0) is 31.4 Å². The van der Waals surface area contributed by atoms with Crippen LogP contribution in [-0.2, 0) is 11.3 Å². The molecule has 17 heavy (non-hydrogen) atoms. The van der Waals surface area contributed by atoms with Gasteiger partial charge in [-0.25, -0.2) is 0 Å². The third kappa shape index (κ3) is 3.33. The Morgan fingerprint density at radius 1 is 1.47 bits per heavy atom. The van der Waals surface area contributed by atoms with E-state index in [0.717, 1.165) is 10.2 Å². The topological polar surface area (TPSA) is 21.3 Å². The molecule has 0 aromatic heterocycles. The van der Waals surface area contributed by atoms with Crippen molar-refractivity contribution < 1.29 is 4.74 Å². The van der Waals surface area contributed by atoms with Gasteiger partial charge in [0.15, 0.2) is 0 Å². The van der Waals surface area contributed by atoms with Crippen molar-refractivity contribution in [3.63, 3.8) is 0 Å². The predicted molar refractivity (Wildman–Crippen MR) is 75.3 cm³/mol.